The summed E-state index contributed by atoms with van der Waals surface area (Å²) in [5, 5.41) is 0.763. The number of carbonyl (C=O) groups is 2. The third kappa shape index (κ3) is 7.41. The maximum atomic E-state index is 13.3. The Morgan fingerprint density at radius 2 is 1.74 bits per heavy atom. The number of rotatable bonds is 8. The number of morpholine rings is 2. The van der Waals surface area contributed by atoms with Gasteiger partial charge in [0.1, 0.15) is 0 Å². The second-order valence-corrected chi connectivity index (χ2v) is 9.64. The maximum absolute atomic E-state index is 13.3. The monoisotopic (exact) mass is 519 g/mol. The number of ether oxygens (including phenoxy) is 2. The van der Waals surface area contributed by atoms with Gasteiger partial charge < -0.3 is 19.3 Å². The van der Waals surface area contributed by atoms with Gasteiger partial charge in [0.2, 0.25) is 5.91 Å². The topological polar surface area (TPSA) is 62.3 Å². The van der Waals surface area contributed by atoms with E-state index >= 15 is 0 Å². The summed E-state index contributed by atoms with van der Waals surface area (Å²) in [4.78, 5) is 32.3. The first-order valence-corrected chi connectivity index (χ1v) is 12.7. The molecule has 0 spiro atoms. The molecule has 2 aliphatic rings. The molecule has 0 aromatic heterocycles. The number of hydrogen-bond donors (Lipinski definition) is 0. The van der Waals surface area contributed by atoms with E-state index in [1.54, 1.807) is 23.1 Å². The van der Waals surface area contributed by atoms with Gasteiger partial charge in [-0.25, -0.2) is 0 Å². The second-order valence-electron chi connectivity index (χ2n) is 8.83. The summed E-state index contributed by atoms with van der Waals surface area (Å²) in [6.45, 7) is 6.30. The molecule has 4 rings (SSSR count). The van der Waals surface area contributed by atoms with Crippen LogP contribution in [0.15, 0.2) is 48.5 Å². The lowest BCUT2D eigenvalue weighted by atomic mass is 10.1. The van der Waals surface area contributed by atoms with Gasteiger partial charge in [0.05, 0.1) is 42.4 Å². The van der Waals surface area contributed by atoms with E-state index in [1.165, 1.54) is 0 Å². The molecule has 0 aliphatic carbocycles. The van der Waals surface area contributed by atoms with Gasteiger partial charge in [-0.05, 0) is 23.8 Å². The van der Waals surface area contributed by atoms with E-state index in [9.17, 15) is 9.59 Å². The van der Waals surface area contributed by atoms with Crippen molar-refractivity contribution in [2.75, 3.05) is 65.6 Å². The molecule has 0 saturated carbocycles. The number of halogens is 2. The van der Waals surface area contributed by atoms with Gasteiger partial charge in [0, 0.05) is 51.4 Å². The van der Waals surface area contributed by atoms with Crippen LogP contribution >= 0.6 is 23.2 Å². The smallest absolute Gasteiger partial charge is 0.254 e. The Kier molecular flexibility index (Phi) is 9.40. The van der Waals surface area contributed by atoms with Crippen LogP contribution in [0.2, 0.25) is 10.0 Å². The van der Waals surface area contributed by atoms with Crippen LogP contribution in [0.5, 0.6) is 0 Å². The fraction of sp³-hybridized carbons (Fsp3) is 0.462. The predicted octanol–water partition coefficient (Wildman–Crippen LogP) is 3.24. The Hall–Kier alpha value is -2.16. The van der Waals surface area contributed by atoms with Crippen molar-refractivity contribution in [1.29, 1.82) is 0 Å². The van der Waals surface area contributed by atoms with E-state index < -0.39 is 0 Å². The Morgan fingerprint density at radius 1 is 0.971 bits per heavy atom. The molecule has 1 atom stereocenters. The van der Waals surface area contributed by atoms with Crippen molar-refractivity contribution in [2.24, 2.45) is 0 Å². The summed E-state index contributed by atoms with van der Waals surface area (Å²) in [6.07, 6.45) is 0.0719. The van der Waals surface area contributed by atoms with Crippen LogP contribution < -0.4 is 0 Å². The van der Waals surface area contributed by atoms with E-state index in [4.69, 9.17) is 32.7 Å². The van der Waals surface area contributed by atoms with Crippen LogP contribution in [0.25, 0.3) is 0 Å². The van der Waals surface area contributed by atoms with Crippen molar-refractivity contribution in [1.82, 2.24) is 14.7 Å². The predicted molar refractivity (Wildman–Crippen MR) is 136 cm³/mol. The van der Waals surface area contributed by atoms with Gasteiger partial charge in [-0.2, -0.15) is 0 Å². The molecule has 0 bridgehead atoms. The van der Waals surface area contributed by atoms with Gasteiger partial charge in [-0.1, -0.05) is 53.5 Å². The van der Waals surface area contributed by atoms with Crippen molar-refractivity contribution in [3.63, 3.8) is 0 Å². The third-order valence-corrected chi connectivity index (χ3v) is 7.10. The quantitative estimate of drug-likeness (QED) is 0.535. The lowest BCUT2D eigenvalue weighted by Crippen LogP contribution is -2.52. The number of nitrogens with zero attached hydrogens (tertiary/aromatic N) is 3. The molecule has 2 fully saturated rings. The Labute approximate surface area is 216 Å². The molecule has 2 saturated heterocycles. The first-order chi connectivity index (χ1) is 17.0. The third-order valence-electron chi connectivity index (χ3n) is 6.36. The van der Waals surface area contributed by atoms with Crippen molar-refractivity contribution in [2.45, 2.75) is 12.5 Å². The highest BCUT2D eigenvalue weighted by molar-refractivity contribution is 6.42. The Morgan fingerprint density at radius 3 is 2.49 bits per heavy atom. The molecule has 35 heavy (non-hydrogen) atoms. The Bertz CT molecular complexity index is 1000. The molecular formula is C26H31Cl2N3O4. The fourth-order valence-corrected chi connectivity index (χ4v) is 4.66. The zero-order valence-corrected chi connectivity index (χ0v) is 21.2. The van der Waals surface area contributed by atoms with Crippen molar-refractivity contribution < 1.29 is 19.1 Å². The summed E-state index contributed by atoms with van der Waals surface area (Å²) < 4.78 is 11.4. The first kappa shape index (κ1) is 25.9. The first-order valence-electron chi connectivity index (χ1n) is 12.0. The lowest BCUT2D eigenvalue weighted by Gasteiger charge is -2.37. The number of carbonyl (C=O) groups excluding carboxylic acids is 2. The number of hydrogen-bond acceptors (Lipinski definition) is 5. The summed E-state index contributed by atoms with van der Waals surface area (Å²) >= 11 is 12.1. The number of benzene rings is 2. The van der Waals surface area contributed by atoms with Crippen molar-refractivity contribution in [3.8, 4) is 0 Å². The van der Waals surface area contributed by atoms with E-state index in [2.05, 4.69) is 4.90 Å². The molecule has 7 nitrogen and oxygen atoms in total. The van der Waals surface area contributed by atoms with Gasteiger partial charge in [0.15, 0.2) is 0 Å². The summed E-state index contributed by atoms with van der Waals surface area (Å²) in [5.74, 6) is -0.0617. The average molecular weight is 520 g/mol. The molecule has 0 radical (unpaired) electrons. The van der Waals surface area contributed by atoms with E-state index in [0.29, 0.717) is 54.8 Å². The SMILES string of the molecule is O=C(Cc1ccccc1)N(CCN1CCOCC1)CC1CN(C(=O)c2ccc(Cl)c(Cl)c2)CCO1. The van der Waals surface area contributed by atoms with E-state index in [0.717, 1.165) is 38.4 Å². The highest BCUT2D eigenvalue weighted by atomic mass is 35.5. The largest absolute Gasteiger partial charge is 0.379 e. The van der Waals surface area contributed by atoms with Crippen LogP contribution in [-0.4, -0.2) is 98.3 Å². The summed E-state index contributed by atoms with van der Waals surface area (Å²) in [7, 11) is 0. The molecule has 2 heterocycles. The molecule has 188 valence electrons. The highest BCUT2D eigenvalue weighted by Gasteiger charge is 2.28. The normalized spacial score (nSPS) is 18.9. The fourth-order valence-electron chi connectivity index (χ4n) is 4.36. The van der Waals surface area contributed by atoms with Crippen LogP contribution in [-0.2, 0) is 20.7 Å². The Balaban J connectivity index is 1.40. The van der Waals surface area contributed by atoms with Gasteiger partial charge in [0.25, 0.3) is 5.91 Å². The van der Waals surface area contributed by atoms with Gasteiger partial charge in [-0.15, -0.1) is 0 Å². The zero-order chi connectivity index (χ0) is 24.6. The highest BCUT2D eigenvalue weighted by Crippen LogP contribution is 2.24. The zero-order valence-electron chi connectivity index (χ0n) is 19.7. The van der Waals surface area contributed by atoms with Crippen molar-refractivity contribution >= 4 is 35.0 Å². The summed E-state index contributed by atoms with van der Waals surface area (Å²) in [5.41, 5.74) is 1.47. The van der Waals surface area contributed by atoms with Crippen LogP contribution in [0, 0.1) is 0 Å². The molecule has 9 heteroatoms. The van der Waals surface area contributed by atoms with Crippen LogP contribution in [0.3, 0.4) is 0 Å². The van der Waals surface area contributed by atoms with Crippen molar-refractivity contribution in [3.05, 3.63) is 69.7 Å². The molecule has 2 amide bonds. The van der Waals surface area contributed by atoms with E-state index in [-0.39, 0.29) is 17.9 Å². The number of amides is 2. The molecule has 1 unspecified atom stereocenters. The minimum Gasteiger partial charge on any atom is -0.379 e. The minimum absolute atomic E-state index is 0.0565. The molecule has 2 aliphatic heterocycles. The molecule has 2 aromatic carbocycles. The minimum atomic E-state index is -0.264. The van der Waals surface area contributed by atoms with Crippen LogP contribution in [0.1, 0.15) is 15.9 Å². The van der Waals surface area contributed by atoms with E-state index in [1.807, 2.05) is 35.2 Å². The average Bonchev–Trinajstić information content (AvgIpc) is 2.89. The maximum Gasteiger partial charge on any atom is 0.254 e. The van der Waals surface area contributed by atoms with Crippen LogP contribution in [0.4, 0.5) is 0 Å². The molecule has 0 N–H and O–H groups in total. The van der Waals surface area contributed by atoms with Gasteiger partial charge in [-0.3, -0.25) is 14.5 Å². The molecular weight excluding hydrogens is 489 g/mol. The summed E-state index contributed by atoms with van der Waals surface area (Å²) in [6, 6.07) is 14.7. The lowest BCUT2D eigenvalue weighted by molar-refractivity contribution is -0.134. The van der Waals surface area contributed by atoms with Gasteiger partial charge >= 0.3 is 0 Å². The second kappa shape index (κ2) is 12.7. The molecule has 2 aromatic rings. The standard InChI is InChI=1S/C26H31Cl2N3O4/c27-23-7-6-21(17-24(23)28)26(33)31-12-15-35-22(19-31)18-30(9-8-29-10-13-34-14-11-29)25(32)16-20-4-2-1-3-5-20/h1-7,17,22H,8-16,18-19H2.